The third-order valence-corrected chi connectivity index (χ3v) is 4.13. The summed E-state index contributed by atoms with van der Waals surface area (Å²) < 4.78 is 25.0. The lowest BCUT2D eigenvalue weighted by molar-refractivity contribution is 0.581. The zero-order chi connectivity index (χ0) is 15.3. The molecule has 0 aliphatic rings. The lowest BCUT2D eigenvalue weighted by Crippen LogP contribution is -2.38. The molecule has 0 heterocycles. The first kappa shape index (κ1) is 23.2. The van der Waals surface area contributed by atoms with Crippen LogP contribution in [-0.4, -0.2) is 46.3 Å². The van der Waals surface area contributed by atoms with Gasteiger partial charge in [-0.2, -0.15) is 0 Å². The molecule has 6 nitrogen and oxygen atoms in total. The zero-order valence-electron chi connectivity index (χ0n) is 13.4. The first-order valence-corrected chi connectivity index (χ1v) is 9.20. The first-order chi connectivity index (χ1) is 9.55. The number of guanidine groups is 1. The smallest absolute Gasteiger partial charge is 0.211 e. The minimum Gasteiger partial charge on any atom is -0.357 e. The molecule has 8 heteroatoms. The number of nitrogens with zero attached hydrogens (tertiary/aromatic N) is 1. The zero-order valence-corrected chi connectivity index (χ0v) is 16.6. The van der Waals surface area contributed by atoms with E-state index in [4.69, 9.17) is 0 Å². The highest BCUT2D eigenvalue weighted by Gasteiger charge is 2.04. The minimum absolute atomic E-state index is 0. The van der Waals surface area contributed by atoms with Gasteiger partial charge in [-0.3, -0.25) is 4.99 Å². The molecule has 0 aromatic heterocycles. The SMILES string of the molecule is CCCCCNC(=NCCCNS(=O)(=O)CC)NCC.I. The normalized spacial score (nSPS) is 11.9. The van der Waals surface area contributed by atoms with Crippen molar-refractivity contribution >= 4 is 40.0 Å². The fourth-order valence-corrected chi connectivity index (χ4v) is 2.18. The van der Waals surface area contributed by atoms with Crippen LogP contribution in [0.15, 0.2) is 4.99 Å². The van der Waals surface area contributed by atoms with Gasteiger partial charge < -0.3 is 10.6 Å². The van der Waals surface area contributed by atoms with Crippen molar-refractivity contribution < 1.29 is 8.42 Å². The van der Waals surface area contributed by atoms with Crippen LogP contribution in [0, 0.1) is 0 Å². The number of aliphatic imine (C=N–C) groups is 1. The Labute approximate surface area is 147 Å². The quantitative estimate of drug-likeness (QED) is 0.200. The van der Waals surface area contributed by atoms with Gasteiger partial charge in [0.1, 0.15) is 0 Å². The van der Waals surface area contributed by atoms with Gasteiger partial charge in [-0.15, -0.1) is 24.0 Å². The van der Waals surface area contributed by atoms with Crippen LogP contribution in [-0.2, 0) is 10.0 Å². The first-order valence-electron chi connectivity index (χ1n) is 7.55. The van der Waals surface area contributed by atoms with E-state index in [1.807, 2.05) is 6.92 Å². The Hall–Kier alpha value is -0.0900. The maximum Gasteiger partial charge on any atom is 0.211 e. The number of nitrogens with one attached hydrogen (secondary N) is 3. The summed E-state index contributed by atoms with van der Waals surface area (Å²) in [5, 5.41) is 6.45. The van der Waals surface area contributed by atoms with E-state index in [0.29, 0.717) is 19.5 Å². The molecule has 0 bridgehead atoms. The van der Waals surface area contributed by atoms with E-state index in [9.17, 15) is 8.42 Å². The van der Waals surface area contributed by atoms with E-state index in [1.165, 1.54) is 12.8 Å². The molecule has 0 spiro atoms. The van der Waals surface area contributed by atoms with Crippen LogP contribution in [0.3, 0.4) is 0 Å². The summed E-state index contributed by atoms with van der Waals surface area (Å²) in [5.41, 5.74) is 0. The molecule has 0 saturated carbocycles. The Kier molecular flexibility index (Phi) is 16.4. The Morgan fingerprint density at radius 2 is 1.71 bits per heavy atom. The number of hydrogen-bond donors (Lipinski definition) is 3. The fraction of sp³-hybridized carbons (Fsp3) is 0.923. The summed E-state index contributed by atoms with van der Waals surface area (Å²) in [5.74, 6) is 0.930. The monoisotopic (exact) mass is 434 g/mol. The van der Waals surface area contributed by atoms with Crippen LogP contribution in [0.5, 0.6) is 0 Å². The van der Waals surface area contributed by atoms with Crippen molar-refractivity contribution in [2.24, 2.45) is 4.99 Å². The topological polar surface area (TPSA) is 82.6 Å². The summed E-state index contributed by atoms with van der Waals surface area (Å²) in [6.45, 7) is 8.62. The predicted octanol–water partition coefficient (Wildman–Crippen LogP) is 1.68. The third-order valence-electron chi connectivity index (χ3n) is 2.72. The van der Waals surface area contributed by atoms with Gasteiger partial charge in [-0.05, 0) is 26.7 Å². The number of halogens is 1. The summed E-state index contributed by atoms with van der Waals surface area (Å²) in [7, 11) is -3.08. The van der Waals surface area contributed by atoms with Gasteiger partial charge in [-0.1, -0.05) is 19.8 Å². The standard InChI is InChI=1S/C13H30N4O2S.HI/c1-4-7-8-10-15-13(14-5-2)16-11-9-12-17-20(18,19)6-3;/h17H,4-12H2,1-3H3,(H2,14,15,16);1H. The molecule has 0 fully saturated rings. The molecule has 0 unspecified atom stereocenters. The molecule has 0 aromatic carbocycles. The van der Waals surface area contributed by atoms with Crippen molar-refractivity contribution in [3.05, 3.63) is 0 Å². The third kappa shape index (κ3) is 14.6. The second-order valence-electron chi connectivity index (χ2n) is 4.55. The van der Waals surface area contributed by atoms with Crippen molar-refractivity contribution in [3.63, 3.8) is 0 Å². The van der Waals surface area contributed by atoms with E-state index >= 15 is 0 Å². The molecule has 0 rings (SSSR count). The van der Waals surface area contributed by atoms with Gasteiger partial charge in [-0.25, -0.2) is 13.1 Å². The molecule has 0 aliphatic carbocycles. The van der Waals surface area contributed by atoms with E-state index in [0.717, 1.165) is 25.5 Å². The van der Waals surface area contributed by atoms with Gasteiger partial charge in [0.05, 0.1) is 5.75 Å². The number of rotatable bonds is 11. The second-order valence-corrected chi connectivity index (χ2v) is 6.64. The van der Waals surface area contributed by atoms with Gasteiger partial charge in [0, 0.05) is 26.2 Å². The van der Waals surface area contributed by atoms with Gasteiger partial charge in [0.15, 0.2) is 5.96 Å². The fourth-order valence-electron chi connectivity index (χ4n) is 1.52. The Balaban J connectivity index is 0. The molecule has 3 N–H and O–H groups in total. The highest BCUT2D eigenvalue weighted by atomic mass is 127. The number of sulfonamides is 1. The van der Waals surface area contributed by atoms with Crippen LogP contribution in [0.2, 0.25) is 0 Å². The molecule has 0 saturated heterocycles. The highest BCUT2D eigenvalue weighted by molar-refractivity contribution is 14.0. The molecule has 0 aliphatic heterocycles. The molecule has 128 valence electrons. The van der Waals surface area contributed by atoms with E-state index in [2.05, 4.69) is 27.3 Å². The second kappa shape index (κ2) is 14.8. The van der Waals surface area contributed by atoms with Crippen molar-refractivity contribution in [1.29, 1.82) is 0 Å². The van der Waals surface area contributed by atoms with Crippen LogP contribution < -0.4 is 15.4 Å². The molecule has 0 aromatic rings. The maximum atomic E-state index is 11.2. The Bertz CT molecular complexity index is 361. The predicted molar refractivity (Wildman–Crippen MR) is 101 cm³/mol. The largest absolute Gasteiger partial charge is 0.357 e. The van der Waals surface area contributed by atoms with Crippen LogP contribution in [0.25, 0.3) is 0 Å². The molecule has 0 amide bonds. The van der Waals surface area contributed by atoms with E-state index < -0.39 is 10.0 Å². The van der Waals surface area contributed by atoms with Crippen molar-refractivity contribution in [3.8, 4) is 0 Å². The van der Waals surface area contributed by atoms with Crippen molar-refractivity contribution in [2.45, 2.75) is 46.5 Å². The van der Waals surface area contributed by atoms with Gasteiger partial charge in [0.25, 0.3) is 0 Å². The summed E-state index contributed by atoms with van der Waals surface area (Å²) in [6, 6.07) is 0. The van der Waals surface area contributed by atoms with Crippen molar-refractivity contribution in [2.75, 3.05) is 31.9 Å². The molecule has 0 radical (unpaired) electrons. The summed E-state index contributed by atoms with van der Waals surface area (Å²) >= 11 is 0. The lowest BCUT2D eigenvalue weighted by Gasteiger charge is -2.11. The van der Waals surface area contributed by atoms with Crippen LogP contribution in [0.1, 0.15) is 46.5 Å². The van der Waals surface area contributed by atoms with Crippen LogP contribution >= 0.6 is 24.0 Å². The maximum absolute atomic E-state index is 11.2. The highest BCUT2D eigenvalue weighted by Crippen LogP contribution is 1.91. The summed E-state index contributed by atoms with van der Waals surface area (Å²) in [4.78, 5) is 4.42. The molecular weight excluding hydrogens is 403 g/mol. The number of hydrogen-bond acceptors (Lipinski definition) is 3. The van der Waals surface area contributed by atoms with Crippen LogP contribution in [0.4, 0.5) is 0 Å². The Morgan fingerprint density at radius 1 is 1.00 bits per heavy atom. The van der Waals surface area contributed by atoms with E-state index in [1.54, 1.807) is 6.92 Å². The minimum atomic E-state index is -3.08. The average Bonchev–Trinajstić information content (AvgIpc) is 2.43. The van der Waals surface area contributed by atoms with Gasteiger partial charge >= 0.3 is 0 Å². The lowest BCUT2D eigenvalue weighted by atomic mass is 10.2. The molecule has 21 heavy (non-hydrogen) atoms. The number of unbranched alkanes of at least 4 members (excludes halogenated alkanes) is 2. The summed E-state index contributed by atoms with van der Waals surface area (Å²) in [6.07, 6.45) is 4.25. The molecular formula is C13H31IN4O2S. The van der Waals surface area contributed by atoms with Crippen molar-refractivity contribution in [1.82, 2.24) is 15.4 Å². The van der Waals surface area contributed by atoms with Gasteiger partial charge in [0.2, 0.25) is 10.0 Å². The Morgan fingerprint density at radius 3 is 2.29 bits per heavy atom. The molecule has 0 atom stereocenters. The van der Waals surface area contributed by atoms with E-state index in [-0.39, 0.29) is 29.7 Å². The average molecular weight is 434 g/mol.